The molecule has 1 unspecified atom stereocenters. The quantitative estimate of drug-likeness (QED) is 0.761. The summed E-state index contributed by atoms with van der Waals surface area (Å²) >= 11 is 7.76. The lowest BCUT2D eigenvalue weighted by molar-refractivity contribution is 0.455. The molecule has 0 aliphatic rings. The Labute approximate surface area is 131 Å². The number of hydrogen-bond acceptors (Lipinski definition) is 5. The lowest BCUT2D eigenvalue weighted by atomic mass is 10.1. The van der Waals surface area contributed by atoms with Crippen molar-refractivity contribution in [3.8, 4) is 10.8 Å². The van der Waals surface area contributed by atoms with Crippen LogP contribution < -0.4 is 5.32 Å². The Bertz CT molecular complexity index is 711. The molecule has 0 bridgehead atoms. The van der Waals surface area contributed by atoms with E-state index in [4.69, 9.17) is 16.0 Å². The van der Waals surface area contributed by atoms with Crippen LogP contribution in [0.5, 0.6) is 0 Å². The number of thiophene rings is 1. The summed E-state index contributed by atoms with van der Waals surface area (Å²) in [5.41, 5.74) is 1.05. The Morgan fingerprint density at radius 3 is 2.86 bits per heavy atom. The van der Waals surface area contributed by atoms with E-state index in [0.29, 0.717) is 18.3 Å². The van der Waals surface area contributed by atoms with Crippen molar-refractivity contribution < 1.29 is 4.42 Å². The predicted molar refractivity (Wildman–Crippen MR) is 84.3 cm³/mol. The molecule has 0 aliphatic heterocycles. The minimum Gasteiger partial charge on any atom is -0.419 e. The molecule has 0 spiro atoms. The summed E-state index contributed by atoms with van der Waals surface area (Å²) in [7, 11) is 0. The Kier molecular flexibility index (Phi) is 4.34. The van der Waals surface area contributed by atoms with Crippen molar-refractivity contribution in [1.82, 2.24) is 15.5 Å². The van der Waals surface area contributed by atoms with Gasteiger partial charge < -0.3 is 9.73 Å². The summed E-state index contributed by atoms with van der Waals surface area (Å²) in [5.74, 6) is 1.13. The van der Waals surface area contributed by atoms with Crippen LogP contribution in [0.15, 0.2) is 46.2 Å². The number of halogens is 1. The highest BCUT2D eigenvalue weighted by atomic mass is 35.5. The smallest absolute Gasteiger partial charge is 0.257 e. The maximum Gasteiger partial charge on any atom is 0.257 e. The Morgan fingerprint density at radius 1 is 1.24 bits per heavy atom. The van der Waals surface area contributed by atoms with Crippen molar-refractivity contribution in [3.05, 3.63) is 58.3 Å². The second kappa shape index (κ2) is 6.39. The highest BCUT2D eigenvalue weighted by molar-refractivity contribution is 7.13. The molecule has 6 heteroatoms. The van der Waals surface area contributed by atoms with Gasteiger partial charge in [-0.15, -0.1) is 21.5 Å². The van der Waals surface area contributed by atoms with Crippen LogP contribution in [0, 0.1) is 0 Å². The molecule has 2 aromatic heterocycles. The number of benzene rings is 1. The highest BCUT2D eigenvalue weighted by Gasteiger charge is 2.12. The molecule has 0 radical (unpaired) electrons. The van der Waals surface area contributed by atoms with Gasteiger partial charge in [-0.3, -0.25) is 0 Å². The van der Waals surface area contributed by atoms with E-state index in [2.05, 4.69) is 22.4 Å². The first kappa shape index (κ1) is 14.3. The molecule has 1 aromatic carbocycles. The van der Waals surface area contributed by atoms with Crippen molar-refractivity contribution in [3.63, 3.8) is 0 Å². The average Bonchev–Trinajstić information content (AvgIpc) is 3.16. The fourth-order valence-electron chi connectivity index (χ4n) is 2.00. The monoisotopic (exact) mass is 319 g/mol. The van der Waals surface area contributed by atoms with E-state index in [1.165, 1.54) is 0 Å². The van der Waals surface area contributed by atoms with E-state index in [-0.39, 0.29) is 6.04 Å². The zero-order chi connectivity index (χ0) is 14.7. The van der Waals surface area contributed by atoms with E-state index >= 15 is 0 Å². The number of nitrogens with one attached hydrogen (secondary N) is 1. The van der Waals surface area contributed by atoms with Gasteiger partial charge in [-0.2, -0.15) is 0 Å². The largest absolute Gasteiger partial charge is 0.419 e. The molecular weight excluding hydrogens is 306 g/mol. The predicted octanol–water partition coefficient (Wildman–Crippen LogP) is 4.30. The van der Waals surface area contributed by atoms with Crippen molar-refractivity contribution in [2.75, 3.05) is 0 Å². The second-order valence-corrected chi connectivity index (χ2v) is 5.96. The van der Waals surface area contributed by atoms with Gasteiger partial charge in [-0.1, -0.05) is 35.9 Å². The molecule has 21 heavy (non-hydrogen) atoms. The first-order valence-electron chi connectivity index (χ1n) is 6.58. The summed E-state index contributed by atoms with van der Waals surface area (Å²) in [6, 6.07) is 11.8. The number of rotatable bonds is 5. The number of aromatic nitrogens is 2. The van der Waals surface area contributed by atoms with Gasteiger partial charge in [-0.05, 0) is 30.0 Å². The molecule has 3 aromatic rings. The van der Waals surface area contributed by atoms with E-state index in [1.54, 1.807) is 11.3 Å². The summed E-state index contributed by atoms with van der Waals surface area (Å²) < 4.78 is 5.64. The van der Waals surface area contributed by atoms with Gasteiger partial charge in [0.05, 0.1) is 11.4 Å². The molecular formula is C15H14ClN3OS. The van der Waals surface area contributed by atoms with Gasteiger partial charge in [0.1, 0.15) is 0 Å². The molecule has 3 rings (SSSR count). The zero-order valence-electron chi connectivity index (χ0n) is 11.4. The first-order chi connectivity index (χ1) is 10.2. The summed E-state index contributed by atoms with van der Waals surface area (Å²) in [5, 5.41) is 14.2. The average molecular weight is 320 g/mol. The van der Waals surface area contributed by atoms with Crippen molar-refractivity contribution >= 4 is 22.9 Å². The Morgan fingerprint density at radius 2 is 2.10 bits per heavy atom. The lowest BCUT2D eigenvalue weighted by Gasteiger charge is -2.14. The molecule has 0 saturated carbocycles. The van der Waals surface area contributed by atoms with Crippen LogP contribution in [0.25, 0.3) is 10.8 Å². The van der Waals surface area contributed by atoms with Gasteiger partial charge >= 0.3 is 0 Å². The van der Waals surface area contributed by atoms with Gasteiger partial charge in [0.25, 0.3) is 5.89 Å². The normalized spacial score (nSPS) is 12.5. The molecule has 108 valence electrons. The van der Waals surface area contributed by atoms with Crippen LogP contribution in [0.3, 0.4) is 0 Å². The van der Waals surface area contributed by atoms with Crippen LogP contribution >= 0.6 is 22.9 Å². The fourth-order valence-corrected chi connectivity index (χ4v) is 2.95. The van der Waals surface area contributed by atoms with Gasteiger partial charge in [0.15, 0.2) is 0 Å². The molecule has 4 nitrogen and oxygen atoms in total. The summed E-state index contributed by atoms with van der Waals surface area (Å²) in [6.07, 6.45) is 0. The van der Waals surface area contributed by atoms with Crippen molar-refractivity contribution in [1.29, 1.82) is 0 Å². The lowest BCUT2D eigenvalue weighted by Crippen LogP contribution is -2.18. The Hall–Kier alpha value is -1.69. The molecule has 0 saturated heterocycles. The SMILES string of the molecule is CC(NCc1nnc(-c2cccs2)o1)c1ccccc1Cl. The first-order valence-corrected chi connectivity index (χ1v) is 7.84. The minimum absolute atomic E-state index is 0.107. The van der Waals surface area contributed by atoms with Crippen molar-refractivity contribution in [2.45, 2.75) is 19.5 Å². The molecule has 0 amide bonds. The van der Waals surface area contributed by atoms with Gasteiger partial charge in [0.2, 0.25) is 5.89 Å². The third kappa shape index (κ3) is 3.32. The van der Waals surface area contributed by atoms with Crippen molar-refractivity contribution in [2.24, 2.45) is 0 Å². The molecule has 1 atom stereocenters. The maximum atomic E-state index is 6.18. The molecule has 2 heterocycles. The van der Waals surface area contributed by atoms with E-state index in [1.807, 2.05) is 41.8 Å². The number of hydrogen-bond donors (Lipinski definition) is 1. The highest BCUT2D eigenvalue weighted by Crippen LogP contribution is 2.24. The second-order valence-electron chi connectivity index (χ2n) is 4.60. The van der Waals surface area contributed by atoms with E-state index in [9.17, 15) is 0 Å². The van der Waals surface area contributed by atoms with Gasteiger partial charge in [-0.25, -0.2) is 0 Å². The zero-order valence-corrected chi connectivity index (χ0v) is 13.0. The van der Waals surface area contributed by atoms with Gasteiger partial charge in [0, 0.05) is 11.1 Å². The number of nitrogens with zero attached hydrogens (tertiary/aromatic N) is 2. The third-order valence-corrected chi connectivity index (χ3v) is 4.33. The van der Waals surface area contributed by atoms with Crippen LogP contribution in [-0.2, 0) is 6.54 Å². The van der Waals surface area contributed by atoms with Crippen LogP contribution in [0.1, 0.15) is 24.4 Å². The van der Waals surface area contributed by atoms with E-state index < -0.39 is 0 Å². The standard InChI is InChI=1S/C15H14ClN3OS/c1-10(11-5-2-3-6-12(11)16)17-9-14-18-19-15(20-14)13-7-4-8-21-13/h2-8,10,17H,9H2,1H3. The molecule has 0 aliphatic carbocycles. The maximum absolute atomic E-state index is 6.18. The summed E-state index contributed by atoms with van der Waals surface area (Å²) in [4.78, 5) is 0.980. The molecule has 1 N–H and O–H groups in total. The molecule has 0 fully saturated rings. The van der Waals surface area contributed by atoms with Crippen LogP contribution in [0.4, 0.5) is 0 Å². The van der Waals surface area contributed by atoms with E-state index in [0.717, 1.165) is 15.5 Å². The Balaban J connectivity index is 1.64. The van der Waals surface area contributed by atoms with Crippen LogP contribution in [-0.4, -0.2) is 10.2 Å². The fraction of sp³-hybridized carbons (Fsp3) is 0.200. The topological polar surface area (TPSA) is 51.0 Å². The third-order valence-electron chi connectivity index (χ3n) is 3.13. The minimum atomic E-state index is 0.107. The summed E-state index contributed by atoms with van der Waals surface area (Å²) in [6.45, 7) is 2.56. The van der Waals surface area contributed by atoms with Crippen LogP contribution in [0.2, 0.25) is 5.02 Å².